The van der Waals surface area contributed by atoms with Crippen molar-refractivity contribution in [3.8, 4) is 6.07 Å². The molecule has 0 aliphatic carbocycles. The molecule has 0 unspecified atom stereocenters. The van der Waals surface area contributed by atoms with Crippen molar-refractivity contribution in [1.29, 1.82) is 5.26 Å². The van der Waals surface area contributed by atoms with Crippen molar-refractivity contribution in [3.63, 3.8) is 0 Å². The predicted octanol–water partition coefficient (Wildman–Crippen LogP) is 2.82. The first-order valence-electron chi connectivity index (χ1n) is 7.63. The molecule has 2 aromatic carbocycles. The van der Waals surface area contributed by atoms with Crippen LogP contribution >= 0.6 is 0 Å². The molecule has 1 heterocycles. The van der Waals surface area contributed by atoms with Gasteiger partial charge < -0.3 is 5.32 Å². The van der Waals surface area contributed by atoms with Crippen LogP contribution in [0.25, 0.3) is 0 Å². The van der Waals surface area contributed by atoms with Gasteiger partial charge in [0.2, 0.25) is 0 Å². The van der Waals surface area contributed by atoms with E-state index in [0.29, 0.717) is 12.2 Å². The van der Waals surface area contributed by atoms with Crippen LogP contribution in [-0.2, 0) is 6.54 Å². The average Bonchev–Trinajstić information content (AvgIpc) is 2.64. The summed E-state index contributed by atoms with van der Waals surface area (Å²) in [5.74, 6) is 0. The summed E-state index contributed by atoms with van der Waals surface area (Å²) in [6.45, 7) is 0.331. The van der Waals surface area contributed by atoms with Gasteiger partial charge in [0.1, 0.15) is 5.69 Å². The number of nitrogens with zero attached hydrogens (tertiary/aromatic N) is 4. The normalized spacial score (nSPS) is 10.1. The Morgan fingerprint density at radius 2 is 2.08 bits per heavy atom. The molecule has 0 aliphatic heterocycles. The summed E-state index contributed by atoms with van der Waals surface area (Å²) >= 11 is 0. The van der Waals surface area contributed by atoms with E-state index in [2.05, 4.69) is 10.3 Å². The summed E-state index contributed by atoms with van der Waals surface area (Å²) in [6, 6.07) is 15.0. The summed E-state index contributed by atoms with van der Waals surface area (Å²) in [5.41, 5.74) is 1.43. The largest absolute Gasteiger partial charge is 0.350 e. The van der Waals surface area contributed by atoms with E-state index < -0.39 is 4.92 Å². The highest BCUT2D eigenvalue weighted by atomic mass is 16.6. The van der Waals surface area contributed by atoms with E-state index >= 15 is 0 Å². The highest BCUT2D eigenvalue weighted by Crippen LogP contribution is 2.28. The molecule has 26 heavy (non-hydrogen) atoms. The van der Waals surface area contributed by atoms with Gasteiger partial charge in [0.05, 0.1) is 23.1 Å². The van der Waals surface area contributed by atoms with E-state index in [9.17, 15) is 14.9 Å². The molecular weight excluding hydrogens is 334 g/mol. The molecule has 3 rings (SSSR count). The molecule has 0 radical (unpaired) electrons. The van der Waals surface area contributed by atoms with Gasteiger partial charge in [-0.3, -0.25) is 14.7 Å². The molecule has 0 bridgehead atoms. The van der Waals surface area contributed by atoms with Crippen LogP contribution in [0, 0.1) is 21.4 Å². The fourth-order valence-corrected chi connectivity index (χ4v) is 2.47. The van der Waals surface area contributed by atoms with E-state index in [0.717, 1.165) is 5.56 Å². The molecule has 0 amide bonds. The van der Waals surface area contributed by atoms with Gasteiger partial charge in [-0.05, 0) is 35.9 Å². The number of rotatable bonds is 5. The second kappa shape index (κ2) is 7.27. The van der Waals surface area contributed by atoms with E-state index in [1.165, 1.54) is 29.0 Å². The molecule has 3 aromatic rings. The van der Waals surface area contributed by atoms with Crippen LogP contribution < -0.4 is 11.0 Å². The predicted molar refractivity (Wildman–Crippen MR) is 95.1 cm³/mol. The average molecular weight is 347 g/mol. The first kappa shape index (κ1) is 16.9. The molecule has 128 valence electrons. The summed E-state index contributed by atoms with van der Waals surface area (Å²) in [5, 5.41) is 23.1. The highest BCUT2D eigenvalue weighted by molar-refractivity contribution is 5.71. The Hall–Kier alpha value is -3.99. The zero-order chi connectivity index (χ0) is 18.5. The standard InChI is InChI=1S/C18H13N5O3/c19-11-13-5-6-16(17(10-13)23(25)26)21-15-4-1-3-14(9-15)12-22-8-2-7-20-18(22)24/h1-10,21H,12H2. The maximum Gasteiger partial charge on any atom is 0.347 e. The van der Waals surface area contributed by atoms with Gasteiger partial charge >= 0.3 is 5.69 Å². The van der Waals surface area contributed by atoms with Gasteiger partial charge in [-0.15, -0.1) is 0 Å². The number of nitro groups is 1. The van der Waals surface area contributed by atoms with E-state index in [-0.39, 0.29) is 22.6 Å². The van der Waals surface area contributed by atoms with Crippen molar-refractivity contribution in [2.24, 2.45) is 0 Å². The van der Waals surface area contributed by atoms with E-state index in [1.54, 1.807) is 30.5 Å². The van der Waals surface area contributed by atoms with Crippen LogP contribution in [0.15, 0.2) is 65.7 Å². The zero-order valence-electron chi connectivity index (χ0n) is 13.5. The minimum Gasteiger partial charge on any atom is -0.350 e. The lowest BCUT2D eigenvalue weighted by Crippen LogP contribution is -2.21. The van der Waals surface area contributed by atoms with Gasteiger partial charge in [-0.2, -0.15) is 5.26 Å². The van der Waals surface area contributed by atoms with Gasteiger partial charge in [0.25, 0.3) is 5.69 Å². The molecule has 8 heteroatoms. The van der Waals surface area contributed by atoms with Crippen molar-refractivity contribution in [2.45, 2.75) is 6.54 Å². The van der Waals surface area contributed by atoms with Crippen molar-refractivity contribution in [1.82, 2.24) is 9.55 Å². The first-order valence-corrected chi connectivity index (χ1v) is 7.63. The van der Waals surface area contributed by atoms with Crippen molar-refractivity contribution in [2.75, 3.05) is 5.32 Å². The number of benzene rings is 2. The number of nitro benzene ring substituents is 1. The Morgan fingerprint density at radius 3 is 2.81 bits per heavy atom. The third kappa shape index (κ3) is 3.73. The summed E-state index contributed by atoms with van der Waals surface area (Å²) in [6.07, 6.45) is 3.07. The minimum atomic E-state index is -0.539. The molecule has 0 saturated carbocycles. The van der Waals surface area contributed by atoms with Crippen molar-refractivity contribution in [3.05, 3.63) is 92.7 Å². The smallest absolute Gasteiger partial charge is 0.347 e. The molecule has 1 N–H and O–H groups in total. The number of nitriles is 1. The second-order valence-corrected chi connectivity index (χ2v) is 5.46. The van der Waals surface area contributed by atoms with Crippen LogP contribution in [0.1, 0.15) is 11.1 Å². The number of nitrogens with one attached hydrogen (secondary N) is 1. The molecule has 0 fully saturated rings. The quantitative estimate of drug-likeness (QED) is 0.561. The molecule has 0 atom stereocenters. The zero-order valence-corrected chi connectivity index (χ0v) is 13.5. The summed E-state index contributed by atoms with van der Waals surface area (Å²) in [4.78, 5) is 26.1. The fraction of sp³-hybridized carbons (Fsp3) is 0.0556. The third-order valence-electron chi connectivity index (χ3n) is 3.67. The molecule has 1 aromatic heterocycles. The molecule has 0 saturated heterocycles. The molecule has 8 nitrogen and oxygen atoms in total. The second-order valence-electron chi connectivity index (χ2n) is 5.46. The lowest BCUT2D eigenvalue weighted by atomic mass is 10.1. The Labute approximate surface area is 148 Å². The maximum absolute atomic E-state index is 11.7. The third-order valence-corrected chi connectivity index (χ3v) is 3.67. The van der Waals surface area contributed by atoms with Gasteiger partial charge in [-0.25, -0.2) is 9.78 Å². The first-order chi connectivity index (χ1) is 12.6. The van der Waals surface area contributed by atoms with E-state index in [1.807, 2.05) is 12.1 Å². The SMILES string of the molecule is N#Cc1ccc(Nc2cccc(Cn3cccnc3=O)c2)c([N+](=O)[O-])c1. The Kier molecular flexibility index (Phi) is 4.71. The maximum atomic E-state index is 11.7. The summed E-state index contributed by atoms with van der Waals surface area (Å²) < 4.78 is 1.46. The topological polar surface area (TPSA) is 114 Å². The minimum absolute atomic E-state index is 0.182. The van der Waals surface area contributed by atoms with Crippen LogP contribution in [0.2, 0.25) is 0 Å². The fourth-order valence-electron chi connectivity index (χ4n) is 2.47. The van der Waals surface area contributed by atoms with Gasteiger partial charge in [0.15, 0.2) is 0 Å². The van der Waals surface area contributed by atoms with Crippen LogP contribution in [0.4, 0.5) is 17.1 Å². The number of anilines is 2. The molecule has 0 spiro atoms. The molecule has 0 aliphatic rings. The lowest BCUT2D eigenvalue weighted by Gasteiger charge is -2.10. The lowest BCUT2D eigenvalue weighted by molar-refractivity contribution is -0.383. The number of hydrogen-bond acceptors (Lipinski definition) is 6. The monoisotopic (exact) mass is 347 g/mol. The number of aromatic nitrogens is 2. The van der Waals surface area contributed by atoms with Gasteiger partial charge in [-0.1, -0.05) is 12.1 Å². The summed E-state index contributed by atoms with van der Waals surface area (Å²) in [7, 11) is 0. The van der Waals surface area contributed by atoms with Crippen molar-refractivity contribution < 1.29 is 4.92 Å². The Morgan fingerprint density at radius 1 is 1.23 bits per heavy atom. The van der Waals surface area contributed by atoms with E-state index in [4.69, 9.17) is 5.26 Å². The molecular formula is C18H13N5O3. The Balaban J connectivity index is 1.88. The number of hydrogen-bond donors (Lipinski definition) is 1. The van der Waals surface area contributed by atoms with Crippen LogP contribution in [0.3, 0.4) is 0 Å². The highest BCUT2D eigenvalue weighted by Gasteiger charge is 2.15. The van der Waals surface area contributed by atoms with Crippen LogP contribution in [-0.4, -0.2) is 14.5 Å². The van der Waals surface area contributed by atoms with Gasteiger partial charge in [0, 0.05) is 24.1 Å². The van der Waals surface area contributed by atoms with Crippen LogP contribution in [0.5, 0.6) is 0 Å². The Bertz CT molecular complexity index is 1070. The van der Waals surface area contributed by atoms with Crippen molar-refractivity contribution >= 4 is 17.1 Å².